The van der Waals surface area contributed by atoms with Gasteiger partial charge in [0.1, 0.15) is 5.82 Å². The van der Waals surface area contributed by atoms with E-state index in [2.05, 4.69) is 40.5 Å². The fourth-order valence-electron chi connectivity index (χ4n) is 6.46. The Kier molecular flexibility index (Phi) is 7.33. The van der Waals surface area contributed by atoms with Gasteiger partial charge in [-0.05, 0) is 69.5 Å². The summed E-state index contributed by atoms with van der Waals surface area (Å²) in [6.07, 6.45) is 4.65. The molecule has 0 bridgehead atoms. The summed E-state index contributed by atoms with van der Waals surface area (Å²) in [5.41, 5.74) is 3.32. The third kappa shape index (κ3) is 4.77. The number of imidazole rings is 1. The van der Waals surface area contributed by atoms with Gasteiger partial charge in [0.25, 0.3) is 5.91 Å². The van der Waals surface area contributed by atoms with Gasteiger partial charge in [0.2, 0.25) is 5.91 Å². The monoisotopic (exact) mass is 501 g/mol. The minimum absolute atomic E-state index is 0.0683. The molecule has 2 aliphatic rings. The van der Waals surface area contributed by atoms with Gasteiger partial charge in [-0.1, -0.05) is 45.0 Å². The predicted octanol–water partition coefficient (Wildman–Crippen LogP) is 4.95. The molecule has 196 valence electrons. The highest BCUT2D eigenvalue weighted by molar-refractivity contribution is 5.95. The molecular weight excluding hydrogens is 462 g/mol. The molecule has 3 heterocycles. The van der Waals surface area contributed by atoms with Crippen molar-refractivity contribution in [3.05, 3.63) is 54.1 Å². The summed E-state index contributed by atoms with van der Waals surface area (Å²) in [6, 6.07) is 15.7. The highest BCUT2D eigenvalue weighted by Gasteiger charge is 2.47. The second-order valence-corrected chi connectivity index (χ2v) is 10.5. The molecule has 0 radical (unpaired) electrons. The van der Waals surface area contributed by atoms with Crippen LogP contribution in [0.5, 0.6) is 0 Å². The van der Waals surface area contributed by atoms with Crippen molar-refractivity contribution in [3.8, 4) is 11.4 Å². The Labute approximate surface area is 219 Å². The third-order valence-corrected chi connectivity index (χ3v) is 8.43. The maximum absolute atomic E-state index is 13.8. The van der Waals surface area contributed by atoms with Gasteiger partial charge in [0, 0.05) is 30.8 Å². The number of hydrogen-bond donors (Lipinski definition) is 1. The lowest BCUT2D eigenvalue weighted by atomic mass is 9.85. The van der Waals surface area contributed by atoms with E-state index < -0.39 is 0 Å². The minimum Gasteiger partial charge on any atom is -0.339 e. The van der Waals surface area contributed by atoms with Gasteiger partial charge in [-0.2, -0.15) is 0 Å². The maximum atomic E-state index is 13.8. The molecule has 0 aliphatic carbocycles. The van der Waals surface area contributed by atoms with Crippen LogP contribution in [0.4, 0.5) is 0 Å². The van der Waals surface area contributed by atoms with Gasteiger partial charge in [-0.15, -0.1) is 0 Å². The van der Waals surface area contributed by atoms with Crippen molar-refractivity contribution in [1.29, 1.82) is 0 Å². The molecule has 5 rings (SSSR count). The van der Waals surface area contributed by atoms with E-state index in [0.29, 0.717) is 12.1 Å². The summed E-state index contributed by atoms with van der Waals surface area (Å²) in [7, 11) is 0. The van der Waals surface area contributed by atoms with E-state index in [4.69, 9.17) is 0 Å². The highest BCUT2D eigenvalue weighted by atomic mass is 16.2. The van der Waals surface area contributed by atoms with E-state index in [-0.39, 0.29) is 23.4 Å². The number of likely N-dealkylation sites (N-methyl/N-ethyl adjacent to an activating group) is 1. The number of rotatable bonds is 7. The van der Waals surface area contributed by atoms with Crippen LogP contribution in [0.15, 0.2) is 48.5 Å². The largest absolute Gasteiger partial charge is 0.339 e. The molecular formula is C30H39N5O2. The Bertz CT molecular complexity index is 1220. The lowest BCUT2D eigenvalue weighted by Gasteiger charge is -2.47. The van der Waals surface area contributed by atoms with Crippen LogP contribution >= 0.6 is 0 Å². The molecule has 2 saturated heterocycles. The van der Waals surface area contributed by atoms with Crippen LogP contribution in [-0.4, -0.2) is 80.8 Å². The lowest BCUT2D eigenvalue weighted by Crippen LogP contribution is -2.60. The molecule has 2 fully saturated rings. The van der Waals surface area contributed by atoms with E-state index >= 15 is 0 Å². The summed E-state index contributed by atoms with van der Waals surface area (Å²) in [5.74, 6) is 1.09. The number of amides is 2. The molecule has 1 N–H and O–H groups in total. The van der Waals surface area contributed by atoms with E-state index in [0.717, 1.165) is 80.7 Å². The molecule has 1 aromatic heterocycles. The normalized spacial score (nSPS) is 20.8. The van der Waals surface area contributed by atoms with Crippen LogP contribution in [0.1, 0.15) is 63.2 Å². The van der Waals surface area contributed by atoms with E-state index in [1.54, 1.807) is 0 Å². The Morgan fingerprint density at radius 3 is 2.38 bits per heavy atom. The quantitative estimate of drug-likeness (QED) is 0.497. The number of carbonyl (C=O) groups is 2. The van der Waals surface area contributed by atoms with Crippen molar-refractivity contribution in [1.82, 2.24) is 24.7 Å². The number of likely N-dealkylation sites (tertiary alicyclic amines) is 2. The van der Waals surface area contributed by atoms with Gasteiger partial charge < -0.3 is 14.8 Å². The van der Waals surface area contributed by atoms with Crippen LogP contribution in [0.25, 0.3) is 22.4 Å². The molecule has 2 atom stereocenters. The van der Waals surface area contributed by atoms with E-state index in [9.17, 15) is 9.59 Å². The first-order valence-corrected chi connectivity index (χ1v) is 13.9. The molecule has 3 aromatic rings. The zero-order chi connectivity index (χ0) is 26.0. The number of fused-ring (bicyclic) bond motifs is 1. The highest BCUT2D eigenvalue weighted by Crippen LogP contribution is 2.38. The molecule has 7 heteroatoms. The number of carbonyl (C=O) groups excluding carboxylic acids is 2. The number of aromatic amines is 1. The zero-order valence-corrected chi connectivity index (χ0v) is 22.4. The average Bonchev–Trinajstić information content (AvgIpc) is 3.55. The fourth-order valence-corrected chi connectivity index (χ4v) is 6.46. The van der Waals surface area contributed by atoms with Crippen molar-refractivity contribution in [3.63, 3.8) is 0 Å². The lowest BCUT2D eigenvalue weighted by molar-refractivity contribution is -0.140. The number of aromatic nitrogens is 2. The minimum atomic E-state index is -0.260. The maximum Gasteiger partial charge on any atom is 0.254 e. The molecule has 1 spiro atoms. The standard InChI is InChI=1S/C30H39N5O2/c1-4-26(33(5-2)6-3)29(37)34-19-9-17-30(21-34)18-10-20-35(30)28(36)23-15-13-22(14-16-23)27-31-24-11-7-8-12-25(24)32-27/h7-8,11-16,26H,4-6,9-10,17-21H2,1-3H3,(H,31,32). The number of hydrogen-bond acceptors (Lipinski definition) is 4. The summed E-state index contributed by atoms with van der Waals surface area (Å²) >= 11 is 0. The number of para-hydroxylation sites is 2. The number of nitrogens with one attached hydrogen (secondary N) is 1. The zero-order valence-electron chi connectivity index (χ0n) is 22.4. The SMILES string of the molecule is CCC(C(=O)N1CCCC2(CCCN2C(=O)c2ccc(-c3nc4ccccc4[nH]3)cc2)C1)N(CC)CC. The third-order valence-electron chi connectivity index (χ3n) is 8.43. The second kappa shape index (κ2) is 10.7. The summed E-state index contributed by atoms with van der Waals surface area (Å²) < 4.78 is 0. The second-order valence-electron chi connectivity index (χ2n) is 10.5. The first-order valence-electron chi connectivity index (χ1n) is 13.9. The molecule has 0 saturated carbocycles. The van der Waals surface area contributed by atoms with Gasteiger partial charge >= 0.3 is 0 Å². The van der Waals surface area contributed by atoms with Crippen molar-refractivity contribution in [2.24, 2.45) is 0 Å². The van der Waals surface area contributed by atoms with E-state index in [1.165, 1.54) is 0 Å². The van der Waals surface area contributed by atoms with Crippen LogP contribution < -0.4 is 0 Å². The fraction of sp³-hybridized carbons (Fsp3) is 0.500. The number of H-pyrrole nitrogens is 1. The molecule has 37 heavy (non-hydrogen) atoms. The Morgan fingerprint density at radius 1 is 1.00 bits per heavy atom. The van der Waals surface area contributed by atoms with Crippen LogP contribution in [0.3, 0.4) is 0 Å². The number of nitrogens with zero attached hydrogens (tertiary/aromatic N) is 4. The van der Waals surface area contributed by atoms with E-state index in [1.807, 2.05) is 53.4 Å². The molecule has 2 unspecified atom stereocenters. The van der Waals surface area contributed by atoms with Gasteiger partial charge in [-0.3, -0.25) is 14.5 Å². The van der Waals surface area contributed by atoms with Crippen LogP contribution in [-0.2, 0) is 4.79 Å². The topological polar surface area (TPSA) is 72.5 Å². The van der Waals surface area contributed by atoms with Crippen LogP contribution in [0, 0.1) is 0 Å². The van der Waals surface area contributed by atoms with Gasteiger partial charge in [0.15, 0.2) is 0 Å². The first-order chi connectivity index (χ1) is 18.0. The number of benzene rings is 2. The predicted molar refractivity (Wildman–Crippen MR) is 147 cm³/mol. The number of piperidine rings is 1. The molecule has 7 nitrogen and oxygen atoms in total. The van der Waals surface area contributed by atoms with Crippen molar-refractivity contribution >= 4 is 22.8 Å². The van der Waals surface area contributed by atoms with Crippen molar-refractivity contribution < 1.29 is 9.59 Å². The Hall–Kier alpha value is -3.19. The molecule has 2 aromatic carbocycles. The first kappa shape index (κ1) is 25.5. The average molecular weight is 502 g/mol. The van der Waals surface area contributed by atoms with Crippen molar-refractivity contribution in [2.75, 3.05) is 32.7 Å². The summed E-state index contributed by atoms with van der Waals surface area (Å²) in [4.78, 5) is 41.8. The van der Waals surface area contributed by atoms with Crippen molar-refractivity contribution in [2.45, 2.75) is 64.5 Å². The van der Waals surface area contributed by atoms with Gasteiger partial charge in [0.05, 0.1) is 22.6 Å². The Morgan fingerprint density at radius 2 is 1.70 bits per heavy atom. The van der Waals surface area contributed by atoms with Gasteiger partial charge in [-0.25, -0.2) is 4.98 Å². The molecule has 2 amide bonds. The van der Waals surface area contributed by atoms with Crippen LogP contribution in [0.2, 0.25) is 0 Å². The Balaban J connectivity index is 1.33. The summed E-state index contributed by atoms with van der Waals surface area (Å²) in [6.45, 7) is 10.3. The smallest absolute Gasteiger partial charge is 0.254 e. The molecule has 2 aliphatic heterocycles. The summed E-state index contributed by atoms with van der Waals surface area (Å²) in [5, 5.41) is 0.